The Kier molecular flexibility index (Phi) is 7.65. The van der Waals surface area contributed by atoms with Crippen molar-refractivity contribution in [1.82, 2.24) is 0 Å². The number of anilines is 1. The van der Waals surface area contributed by atoms with E-state index >= 15 is 0 Å². The molecule has 0 saturated heterocycles. The molecule has 9 nitrogen and oxygen atoms in total. The topological polar surface area (TPSA) is 108 Å². The lowest BCUT2D eigenvalue weighted by Gasteiger charge is -2.33. The Labute approximate surface area is 180 Å². The molecule has 10 heteroatoms. The predicted octanol–water partition coefficient (Wildman–Crippen LogP) is 4.22. The molecule has 164 valence electrons. The zero-order valence-electron chi connectivity index (χ0n) is 17.7. The first-order valence-corrected chi connectivity index (χ1v) is 11.1. The van der Waals surface area contributed by atoms with Crippen LogP contribution >= 0.6 is 11.8 Å². The summed E-state index contributed by atoms with van der Waals surface area (Å²) in [4.78, 5) is 13.6. The average Bonchev–Trinajstić information content (AvgIpc) is 3.26. The molecular weight excluding hydrogens is 406 g/mol. The lowest BCUT2D eigenvalue weighted by atomic mass is 9.85. The van der Waals surface area contributed by atoms with Crippen LogP contribution in [-0.4, -0.2) is 49.1 Å². The number of carbonyl (C=O) groups excluding carboxylic acids is 1. The molecule has 0 aromatic heterocycles. The van der Waals surface area contributed by atoms with Gasteiger partial charge in [-0.15, -0.1) is 22.0 Å². The molecule has 1 aliphatic heterocycles. The number of methoxy groups -OCH3 is 2. The zero-order valence-corrected chi connectivity index (χ0v) is 18.5. The maximum absolute atomic E-state index is 12.6. The third-order valence-electron chi connectivity index (χ3n) is 5.62. The summed E-state index contributed by atoms with van der Waals surface area (Å²) in [5.74, 6) is 2.17. The number of ether oxygens (including phenoxy) is 2. The quantitative estimate of drug-likeness (QED) is 0.584. The van der Waals surface area contributed by atoms with E-state index in [1.165, 1.54) is 0 Å². The fourth-order valence-corrected chi connectivity index (χ4v) is 5.02. The molecule has 0 radical (unpaired) electrons. The molecule has 30 heavy (non-hydrogen) atoms. The summed E-state index contributed by atoms with van der Waals surface area (Å²) in [6.07, 6.45) is 4.09. The summed E-state index contributed by atoms with van der Waals surface area (Å²) in [6.45, 7) is 0. The van der Waals surface area contributed by atoms with Gasteiger partial charge in [0.25, 0.3) is 0 Å². The second-order valence-electron chi connectivity index (χ2n) is 7.49. The second kappa shape index (κ2) is 10.2. The van der Waals surface area contributed by atoms with Gasteiger partial charge in [0.1, 0.15) is 0 Å². The number of amides is 1. The molecular formula is C20H29N5O4S. The van der Waals surface area contributed by atoms with Gasteiger partial charge < -0.3 is 19.5 Å². The van der Waals surface area contributed by atoms with Crippen molar-refractivity contribution < 1.29 is 19.4 Å². The van der Waals surface area contributed by atoms with E-state index in [0.717, 1.165) is 37.1 Å². The minimum Gasteiger partial charge on any atom is -0.493 e. The molecule has 0 spiro atoms. The third kappa shape index (κ3) is 5.10. The lowest BCUT2D eigenvalue weighted by Crippen LogP contribution is -2.34. The van der Waals surface area contributed by atoms with Gasteiger partial charge in [-0.25, -0.2) is 0 Å². The van der Waals surface area contributed by atoms with Crippen LogP contribution in [0.25, 0.3) is 0 Å². The Hall–Kier alpha value is -2.20. The van der Waals surface area contributed by atoms with Crippen LogP contribution in [0.4, 0.5) is 5.69 Å². The Morgan fingerprint density at radius 2 is 1.83 bits per heavy atom. The van der Waals surface area contributed by atoms with Crippen molar-refractivity contribution in [3.63, 3.8) is 0 Å². The normalized spacial score (nSPS) is 22.1. The van der Waals surface area contributed by atoms with Gasteiger partial charge in [0, 0.05) is 31.1 Å². The van der Waals surface area contributed by atoms with Gasteiger partial charge in [0.2, 0.25) is 10.9 Å². The first-order valence-electron chi connectivity index (χ1n) is 10.1. The number of hydrogen-bond donors (Lipinski definition) is 1. The maximum atomic E-state index is 12.6. The highest BCUT2D eigenvalue weighted by Gasteiger charge is 2.44. The van der Waals surface area contributed by atoms with E-state index in [0.29, 0.717) is 24.3 Å². The molecule has 1 heterocycles. The number of nitrogens with zero attached hydrogens (tertiary/aromatic N) is 5. The molecule has 1 saturated carbocycles. The molecule has 3 rings (SSSR count). The Morgan fingerprint density at radius 3 is 2.47 bits per heavy atom. The Morgan fingerprint density at radius 1 is 1.17 bits per heavy atom. The van der Waals surface area contributed by atoms with Gasteiger partial charge in [-0.2, -0.15) is 0 Å². The van der Waals surface area contributed by atoms with Crippen molar-refractivity contribution in [3.05, 3.63) is 18.2 Å². The standard InChI is InChI=1S/C20H29N5O4S/c1-25(15-8-11-17(28-2)18(13-15)29-3)19(27)5-4-12-30-20(21-23-24-22-20)14-6-9-16(26)10-7-14/h8,11,13-14,16,26H,4-7,9-10,12H2,1-3H3. The average molecular weight is 436 g/mol. The Balaban J connectivity index is 1.51. The van der Waals surface area contributed by atoms with Gasteiger partial charge in [0.05, 0.1) is 20.3 Å². The molecule has 2 aliphatic rings. The number of carbonyl (C=O) groups is 1. The van der Waals surface area contributed by atoms with Crippen molar-refractivity contribution in [3.8, 4) is 11.5 Å². The molecule has 1 N–H and O–H groups in total. The summed E-state index contributed by atoms with van der Waals surface area (Å²) in [6, 6.07) is 5.41. The van der Waals surface area contributed by atoms with Crippen LogP contribution in [0, 0.1) is 5.92 Å². The largest absolute Gasteiger partial charge is 0.493 e. The Bertz CT molecular complexity index is 783. The van der Waals surface area contributed by atoms with Crippen molar-refractivity contribution in [2.45, 2.75) is 49.6 Å². The molecule has 1 fully saturated rings. The van der Waals surface area contributed by atoms with Gasteiger partial charge in [-0.1, -0.05) is 0 Å². The summed E-state index contributed by atoms with van der Waals surface area (Å²) >= 11 is 1.59. The fourth-order valence-electron chi connectivity index (χ4n) is 3.77. The van der Waals surface area contributed by atoms with Crippen LogP contribution in [-0.2, 0) is 4.79 Å². The molecule has 0 unspecified atom stereocenters. The van der Waals surface area contributed by atoms with Crippen LogP contribution in [0.1, 0.15) is 38.5 Å². The number of thioether (sulfide) groups is 1. The van der Waals surface area contributed by atoms with Crippen LogP contribution in [0.5, 0.6) is 11.5 Å². The van der Waals surface area contributed by atoms with Crippen molar-refractivity contribution in [2.75, 3.05) is 31.9 Å². The van der Waals surface area contributed by atoms with Gasteiger partial charge in [0.15, 0.2) is 11.5 Å². The van der Waals surface area contributed by atoms with Crippen LogP contribution in [0.2, 0.25) is 0 Å². The molecule has 1 amide bonds. The van der Waals surface area contributed by atoms with Crippen molar-refractivity contribution in [1.29, 1.82) is 0 Å². The number of hydrogen-bond acceptors (Lipinski definition) is 9. The second-order valence-corrected chi connectivity index (χ2v) is 8.78. The zero-order chi connectivity index (χ0) is 21.6. The minimum atomic E-state index is -0.696. The molecule has 0 bridgehead atoms. The molecule has 1 aromatic carbocycles. The first-order chi connectivity index (χ1) is 14.5. The van der Waals surface area contributed by atoms with Gasteiger partial charge >= 0.3 is 0 Å². The van der Waals surface area contributed by atoms with Gasteiger partial charge in [-0.3, -0.25) is 4.79 Å². The highest BCUT2D eigenvalue weighted by atomic mass is 32.2. The number of benzene rings is 1. The van der Waals surface area contributed by atoms with Crippen LogP contribution < -0.4 is 14.4 Å². The van der Waals surface area contributed by atoms with Crippen LogP contribution in [0.3, 0.4) is 0 Å². The highest BCUT2D eigenvalue weighted by Crippen LogP contribution is 2.46. The predicted molar refractivity (Wildman–Crippen MR) is 115 cm³/mol. The highest BCUT2D eigenvalue weighted by molar-refractivity contribution is 8.00. The number of aliphatic hydroxyl groups excluding tert-OH is 1. The van der Waals surface area contributed by atoms with E-state index in [2.05, 4.69) is 20.7 Å². The SMILES string of the molecule is COc1ccc(N(C)C(=O)CCCSC2(C3CCC(O)CC3)N=NN=N2)cc1OC. The summed E-state index contributed by atoms with van der Waals surface area (Å²) in [5.41, 5.74) is 0.751. The van der Waals surface area contributed by atoms with E-state index in [9.17, 15) is 9.90 Å². The molecule has 0 atom stereocenters. The van der Waals surface area contributed by atoms with E-state index in [1.807, 2.05) is 6.07 Å². The summed E-state index contributed by atoms with van der Waals surface area (Å²) in [7, 11) is 4.90. The number of aliphatic hydroxyl groups is 1. The van der Waals surface area contributed by atoms with E-state index in [-0.39, 0.29) is 17.9 Å². The minimum absolute atomic E-state index is 0.0207. The lowest BCUT2D eigenvalue weighted by molar-refractivity contribution is -0.118. The van der Waals surface area contributed by atoms with Crippen molar-refractivity contribution in [2.24, 2.45) is 26.6 Å². The van der Waals surface area contributed by atoms with Crippen LogP contribution in [0.15, 0.2) is 38.9 Å². The van der Waals surface area contributed by atoms with Crippen molar-refractivity contribution >= 4 is 23.4 Å². The summed E-state index contributed by atoms with van der Waals surface area (Å²) < 4.78 is 10.6. The van der Waals surface area contributed by atoms with Gasteiger partial charge in [-0.05, 0) is 60.4 Å². The van der Waals surface area contributed by atoms with E-state index in [4.69, 9.17) is 9.47 Å². The number of rotatable bonds is 9. The molecule has 1 aliphatic carbocycles. The van der Waals surface area contributed by atoms with E-state index in [1.54, 1.807) is 50.1 Å². The smallest absolute Gasteiger partial charge is 0.243 e. The first kappa shape index (κ1) is 22.5. The monoisotopic (exact) mass is 435 g/mol. The fraction of sp³-hybridized carbons (Fsp3) is 0.650. The summed E-state index contributed by atoms with van der Waals surface area (Å²) in [5, 5.41) is 25.9. The molecule has 1 aromatic rings. The van der Waals surface area contributed by atoms with E-state index < -0.39 is 4.99 Å². The third-order valence-corrected chi connectivity index (χ3v) is 7.04. The maximum Gasteiger partial charge on any atom is 0.243 e.